The summed E-state index contributed by atoms with van der Waals surface area (Å²) in [6.45, 7) is 0. The summed E-state index contributed by atoms with van der Waals surface area (Å²) in [5.41, 5.74) is 0.965. The molecule has 92 valence electrons. The van der Waals surface area contributed by atoms with Crippen molar-refractivity contribution in [3.05, 3.63) is 29.8 Å². The first-order chi connectivity index (χ1) is 7.96. The molecule has 5 nitrogen and oxygen atoms in total. The fraction of sp³-hybridized carbons (Fsp3) is 0.364. The second-order valence-electron chi connectivity index (χ2n) is 4.13. The van der Waals surface area contributed by atoms with Gasteiger partial charge in [0.05, 0.1) is 17.1 Å². The summed E-state index contributed by atoms with van der Waals surface area (Å²) >= 11 is 0. The Labute approximate surface area is 99.4 Å². The monoisotopic (exact) mass is 255 g/mol. The van der Waals surface area contributed by atoms with E-state index in [4.69, 9.17) is 5.11 Å². The lowest BCUT2D eigenvalue weighted by Crippen LogP contribution is -2.20. The average molecular weight is 255 g/mol. The van der Waals surface area contributed by atoms with Gasteiger partial charge in [-0.2, -0.15) is 0 Å². The molecule has 0 spiro atoms. The van der Waals surface area contributed by atoms with Crippen molar-refractivity contribution in [2.45, 2.75) is 12.5 Å². The molecular weight excluding hydrogens is 242 g/mol. The maximum absolute atomic E-state index is 11.3. The fourth-order valence-corrected chi connectivity index (χ4v) is 3.53. The molecule has 17 heavy (non-hydrogen) atoms. The number of hydrogen-bond donors (Lipinski definition) is 2. The number of sulfone groups is 1. The second-order valence-corrected chi connectivity index (χ2v) is 6.36. The van der Waals surface area contributed by atoms with Crippen LogP contribution in [0.3, 0.4) is 0 Å². The number of nitrogens with one attached hydrogen (secondary N) is 1. The summed E-state index contributed by atoms with van der Waals surface area (Å²) in [4.78, 5) is 10.6. The van der Waals surface area contributed by atoms with E-state index in [-0.39, 0.29) is 23.1 Å². The first-order valence-corrected chi connectivity index (χ1v) is 7.09. The Hall–Kier alpha value is -1.56. The zero-order chi connectivity index (χ0) is 12.5. The molecule has 1 fully saturated rings. The Morgan fingerprint density at radius 2 is 1.94 bits per heavy atom. The third-order valence-corrected chi connectivity index (χ3v) is 4.50. The first-order valence-electron chi connectivity index (χ1n) is 5.26. The quantitative estimate of drug-likeness (QED) is 0.841. The normalized spacial score (nSPS) is 22.2. The number of carboxylic acid groups (broad SMARTS) is 1. The van der Waals surface area contributed by atoms with Crippen molar-refractivity contribution >= 4 is 21.5 Å². The molecular formula is C11H13NO4S. The molecule has 0 aromatic heterocycles. The van der Waals surface area contributed by atoms with Crippen LogP contribution in [-0.2, 0) is 9.84 Å². The Bertz CT molecular complexity index is 521. The molecule has 1 aliphatic heterocycles. The highest BCUT2D eigenvalue weighted by Crippen LogP contribution is 2.17. The molecule has 0 saturated carbocycles. The number of aromatic carboxylic acids is 1. The van der Waals surface area contributed by atoms with Gasteiger partial charge in [-0.3, -0.25) is 0 Å². The predicted octanol–water partition coefficient (Wildman–Crippen LogP) is 0.984. The van der Waals surface area contributed by atoms with E-state index in [1.165, 1.54) is 12.1 Å². The van der Waals surface area contributed by atoms with Gasteiger partial charge in [0, 0.05) is 11.7 Å². The summed E-state index contributed by atoms with van der Waals surface area (Å²) in [7, 11) is -2.89. The number of anilines is 1. The molecule has 1 saturated heterocycles. The third-order valence-electron chi connectivity index (χ3n) is 2.74. The van der Waals surface area contributed by atoms with E-state index < -0.39 is 15.8 Å². The zero-order valence-electron chi connectivity index (χ0n) is 9.09. The SMILES string of the molecule is O=C(O)c1ccc(N[C@H]2CCS(=O)(=O)C2)cc1. The minimum atomic E-state index is -2.89. The maximum Gasteiger partial charge on any atom is 0.335 e. The van der Waals surface area contributed by atoms with Gasteiger partial charge in [-0.1, -0.05) is 0 Å². The van der Waals surface area contributed by atoms with Crippen molar-refractivity contribution in [1.82, 2.24) is 0 Å². The smallest absolute Gasteiger partial charge is 0.335 e. The molecule has 2 rings (SSSR count). The average Bonchev–Trinajstić information content (AvgIpc) is 2.59. The van der Waals surface area contributed by atoms with Crippen LogP contribution >= 0.6 is 0 Å². The van der Waals surface area contributed by atoms with Crippen molar-refractivity contribution in [2.24, 2.45) is 0 Å². The molecule has 0 aliphatic carbocycles. The van der Waals surface area contributed by atoms with Crippen molar-refractivity contribution in [3.8, 4) is 0 Å². The first kappa shape index (κ1) is 11.9. The van der Waals surface area contributed by atoms with Crippen LogP contribution in [0.1, 0.15) is 16.8 Å². The predicted molar refractivity (Wildman–Crippen MR) is 64.1 cm³/mol. The lowest BCUT2D eigenvalue weighted by atomic mass is 10.2. The van der Waals surface area contributed by atoms with Crippen LogP contribution < -0.4 is 5.32 Å². The van der Waals surface area contributed by atoms with Crippen LogP contribution in [0.25, 0.3) is 0 Å². The highest BCUT2D eigenvalue weighted by atomic mass is 32.2. The Morgan fingerprint density at radius 3 is 2.41 bits per heavy atom. The van der Waals surface area contributed by atoms with Gasteiger partial charge >= 0.3 is 5.97 Å². The van der Waals surface area contributed by atoms with Crippen LogP contribution in [0.15, 0.2) is 24.3 Å². The lowest BCUT2D eigenvalue weighted by molar-refractivity contribution is 0.0697. The van der Waals surface area contributed by atoms with Crippen molar-refractivity contribution in [2.75, 3.05) is 16.8 Å². The van der Waals surface area contributed by atoms with E-state index in [2.05, 4.69) is 5.32 Å². The Kier molecular flexibility index (Phi) is 3.06. The van der Waals surface area contributed by atoms with Gasteiger partial charge in [-0.15, -0.1) is 0 Å². The molecule has 6 heteroatoms. The van der Waals surface area contributed by atoms with Crippen molar-refractivity contribution < 1.29 is 18.3 Å². The summed E-state index contributed by atoms with van der Waals surface area (Å²) in [5, 5.41) is 11.8. The molecule has 1 aliphatic rings. The highest BCUT2D eigenvalue weighted by Gasteiger charge is 2.27. The van der Waals surface area contributed by atoms with Crippen LogP contribution in [0.4, 0.5) is 5.69 Å². The van der Waals surface area contributed by atoms with Crippen LogP contribution in [-0.4, -0.2) is 37.0 Å². The Balaban J connectivity index is 2.03. The summed E-state index contributed by atoms with van der Waals surface area (Å²) in [5.74, 6) is -0.606. The standard InChI is InChI=1S/C11H13NO4S/c13-11(14)8-1-3-9(4-2-8)12-10-5-6-17(15,16)7-10/h1-4,10,12H,5-7H2,(H,13,14)/t10-/m0/s1. The molecule has 1 heterocycles. The number of carbonyl (C=O) groups is 1. The number of benzene rings is 1. The molecule has 1 aromatic carbocycles. The largest absolute Gasteiger partial charge is 0.478 e. The third kappa shape index (κ3) is 2.97. The zero-order valence-corrected chi connectivity index (χ0v) is 9.90. The van der Waals surface area contributed by atoms with Gasteiger partial charge in [0.15, 0.2) is 9.84 Å². The van der Waals surface area contributed by atoms with Crippen molar-refractivity contribution in [1.29, 1.82) is 0 Å². The second kappa shape index (κ2) is 4.37. The van der Waals surface area contributed by atoms with E-state index in [0.717, 1.165) is 5.69 Å². The van der Waals surface area contributed by atoms with Gasteiger partial charge in [0.1, 0.15) is 0 Å². The van der Waals surface area contributed by atoms with Crippen LogP contribution in [0.2, 0.25) is 0 Å². The van der Waals surface area contributed by atoms with Crippen LogP contribution in [0.5, 0.6) is 0 Å². The topological polar surface area (TPSA) is 83.5 Å². The summed E-state index contributed by atoms with van der Waals surface area (Å²) in [6, 6.07) is 6.21. The highest BCUT2D eigenvalue weighted by molar-refractivity contribution is 7.91. The van der Waals surface area contributed by atoms with Crippen molar-refractivity contribution in [3.63, 3.8) is 0 Å². The molecule has 0 unspecified atom stereocenters. The van der Waals surface area contributed by atoms with Crippen LogP contribution in [0, 0.1) is 0 Å². The van der Waals surface area contributed by atoms with Gasteiger partial charge in [-0.05, 0) is 30.7 Å². The van der Waals surface area contributed by atoms with E-state index in [1.807, 2.05) is 0 Å². The summed E-state index contributed by atoms with van der Waals surface area (Å²) in [6.07, 6.45) is 0.600. The number of carboxylic acids is 1. The van der Waals surface area contributed by atoms with Gasteiger partial charge in [0.2, 0.25) is 0 Å². The van der Waals surface area contributed by atoms with E-state index in [9.17, 15) is 13.2 Å². The maximum atomic E-state index is 11.3. The molecule has 1 atom stereocenters. The lowest BCUT2D eigenvalue weighted by Gasteiger charge is -2.12. The summed E-state index contributed by atoms with van der Waals surface area (Å²) < 4.78 is 22.5. The van der Waals surface area contributed by atoms with E-state index >= 15 is 0 Å². The minimum Gasteiger partial charge on any atom is -0.478 e. The number of hydrogen-bond acceptors (Lipinski definition) is 4. The molecule has 0 radical (unpaired) electrons. The molecule has 2 N–H and O–H groups in total. The molecule has 1 aromatic rings. The van der Waals surface area contributed by atoms with Gasteiger partial charge < -0.3 is 10.4 Å². The van der Waals surface area contributed by atoms with Gasteiger partial charge in [0.25, 0.3) is 0 Å². The number of rotatable bonds is 3. The van der Waals surface area contributed by atoms with Gasteiger partial charge in [-0.25, -0.2) is 13.2 Å². The Morgan fingerprint density at radius 1 is 1.29 bits per heavy atom. The fourth-order valence-electron chi connectivity index (χ4n) is 1.85. The van der Waals surface area contributed by atoms with E-state index in [0.29, 0.717) is 6.42 Å². The molecule has 0 amide bonds. The minimum absolute atomic E-state index is 0.0734. The molecule has 0 bridgehead atoms. The van der Waals surface area contributed by atoms with E-state index in [1.54, 1.807) is 12.1 Å².